The molecule has 0 aromatic carbocycles. The molecule has 0 aliphatic carbocycles. The molecule has 61 valence electrons. The maximum atomic E-state index is 3.93. The molecule has 0 saturated carbocycles. The zero-order chi connectivity index (χ0) is 7.94. The Morgan fingerprint density at radius 2 is 2.45 bits per heavy atom. The first-order chi connectivity index (χ1) is 5.43. The van der Waals surface area contributed by atoms with Crippen LogP contribution in [-0.2, 0) is 0 Å². The Labute approximate surface area is 71.8 Å². The smallest absolute Gasteiger partial charge is 0.0793 e. The molecule has 0 spiro atoms. The predicted octanol–water partition coefficient (Wildman–Crippen LogP) is 2.67. The van der Waals surface area contributed by atoms with Gasteiger partial charge in [-0.1, -0.05) is 30.7 Å². The van der Waals surface area contributed by atoms with Crippen molar-refractivity contribution in [1.82, 2.24) is 9.59 Å². The lowest BCUT2D eigenvalue weighted by molar-refractivity contribution is 0.712. The Hall–Kier alpha value is -0.440. The monoisotopic (exact) mass is 169 g/mol. The first-order valence-electron chi connectivity index (χ1n) is 4.03. The van der Waals surface area contributed by atoms with Gasteiger partial charge in [0.05, 0.1) is 5.69 Å². The fourth-order valence-corrected chi connectivity index (χ4v) is 1.34. The summed E-state index contributed by atoms with van der Waals surface area (Å²) in [4.78, 5) is 0. The number of nitrogens with zero attached hydrogens (tertiary/aromatic N) is 2. The summed E-state index contributed by atoms with van der Waals surface area (Å²) in [5, 5.41) is 5.90. The van der Waals surface area contributed by atoms with Gasteiger partial charge < -0.3 is 0 Å². The van der Waals surface area contributed by atoms with E-state index in [-0.39, 0.29) is 0 Å². The molecule has 1 aromatic rings. The summed E-state index contributed by atoms with van der Waals surface area (Å²) in [5.74, 6) is 0. The molecule has 1 aromatic heterocycles. The average Bonchev–Trinajstić information content (AvgIpc) is 2.50. The number of hydrogen-bond acceptors (Lipinski definition) is 3. The molecule has 2 nitrogen and oxygen atoms in total. The zero-order valence-corrected chi connectivity index (χ0v) is 7.60. The first kappa shape index (κ1) is 8.65. The van der Waals surface area contributed by atoms with Crippen molar-refractivity contribution in [2.45, 2.75) is 32.6 Å². The Bertz CT molecular complexity index is 172. The van der Waals surface area contributed by atoms with Gasteiger partial charge in [-0.15, -0.1) is 5.10 Å². The minimum absolute atomic E-state index is 1.03. The number of aromatic nitrogens is 2. The summed E-state index contributed by atoms with van der Waals surface area (Å²) in [6.07, 6.45) is 7.16. The first-order valence-corrected chi connectivity index (χ1v) is 4.87. The minimum Gasteiger partial charge on any atom is -0.143 e. The third-order valence-electron chi connectivity index (χ3n) is 1.54. The molecule has 1 rings (SSSR count). The molecule has 0 N–H and O–H groups in total. The van der Waals surface area contributed by atoms with Crippen molar-refractivity contribution in [3.05, 3.63) is 17.5 Å². The molecule has 0 aliphatic rings. The number of rotatable bonds is 5. The summed E-state index contributed by atoms with van der Waals surface area (Å²) >= 11 is 1.41. The molecule has 3 heteroatoms. The van der Waals surface area contributed by atoms with E-state index in [1.165, 1.54) is 30.8 Å². The van der Waals surface area contributed by atoms with E-state index >= 15 is 0 Å². The van der Waals surface area contributed by atoms with Crippen LogP contribution in [0.25, 0.3) is 0 Å². The van der Waals surface area contributed by atoms with Crippen LogP contribution in [0.4, 0.5) is 0 Å². The van der Waals surface area contributed by atoms with Crippen molar-refractivity contribution < 1.29 is 0 Å². The quantitative estimate of drug-likeness (QED) is 0.633. The van der Waals surface area contributed by atoms with Crippen LogP contribution in [0.3, 0.4) is 0 Å². The molecule has 11 heavy (non-hydrogen) atoms. The zero-order valence-electron chi connectivity index (χ0n) is 6.79. The Balaban J connectivity index is 2.04. The van der Waals surface area contributed by atoms with Gasteiger partial charge in [0.25, 0.3) is 0 Å². The van der Waals surface area contributed by atoms with E-state index in [0.717, 1.165) is 12.1 Å². The van der Waals surface area contributed by atoms with Gasteiger partial charge in [-0.25, -0.2) is 0 Å². The third kappa shape index (κ3) is 3.46. The van der Waals surface area contributed by atoms with Crippen LogP contribution < -0.4 is 0 Å². The summed E-state index contributed by atoms with van der Waals surface area (Å²) in [5.41, 5.74) is 1.03. The molecule has 0 amide bonds. The van der Waals surface area contributed by atoms with Gasteiger partial charge in [0.1, 0.15) is 0 Å². The van der Waals surface area contributed by atoms with E-state index in [1.54, 1.807) is 0 Å². The van der Waals surface area contributed by atoms with Gasteiger partial charge in [-0.3, -0.25) is 0 Å². The molecule has 0 fully saturated rings. The van der Waals surface area contributed by atoms with Crippen molar-refractivity contribution in [3.8, 4) is 0 Å². The third-order valence-corrected chi connectivity index (χ3v) is 2.06. The normalized spacial score (nSPS) is 10.3. The van der Waals surface area contributed by atoms with Gasteiger partial charge in [0.15, 0.2) is 0 Å². The van der Waals surface area contributed by atoms with Gasteiger partial charge in [0.2, 0.25) is 0 Å². The van der Waals surface area contributed by atoms with Crippen molar-refractivity contribution in [3.63, 3.8) is 0 Å². The Kier molecular flexibility index (Phi) is 4.12. The van der Waals surface area contributed by atoms with Crippen LogP contribution in [0.1, 0.15) is 38.3 Å². The molecular formula is C8H13N2S. The molecule has 0 aliphatic heterocycles. The molecule has 0 bridgehead atoms. The van der Waals surface area contributed by atoms with E-state index in [4.69, 9.17) is 0 Å². The van der Waals surface area contributed by atoms with Gasteiger partial charge in [-0.05, 0) is 18.0 Å². The van der Waals surface area contributed by atoms with E-state index < -0.39 is 0 Å². The maximum Gasteiger partial charge on any atom is 0.0793 e. The lowest BCUT2D eigenvalue weighted by Gasteiger charge is -1.94. The second-order valence-corrected chi connectivity index (χ2v) is 3.14. The van der Waals surface area contributed by atoms with Gasteiger partial charge in [-0.2, -0.15) is 0 Å². The second kappa shape index (κ2) is 5.24. The maximum absolute atomic E-state index is 3.93. The molecule has 0 unspecified atom stereocenters. The standard InChI is InChI=1S/C8H13N2S/c1-2-3-4-5-6-8-7-11-10-9-8/h6-7H,2-5H2,1H3. The fourth-order valence-electron chi connectivity index (χ4n) is 0.905. The van der Waals surface area contributed by atoms with Gasteiger partial charge in [0, 0.05) is 11.8 Å². The summed E-state index contributed by atoms with van der Waals surface area (Å²) in [6, 6.07) is 0. The average molecular weight is 169 g/mol. The highest BCUT2D eigenvalue weighted by Gasteiger charge is 1.95. The SMILES string of the molecule is CCCCC[CH]c1csnn1. The highest BCUT2D eigenvalue weighted by molar-refractivity contribution is 7.03. The number of unbranched alkanes of at least 4 members (excludes halogenated alkanes) is 3. The minimum atomic E-state index is 1.03. The predicted molar refractivity (Wildman–Crippen MR) is 47.5 cm³/mol. The Morgan fingerprint density at radius 1 is 1.55 bits per heavy atom. The van der Waals surface area contributed by atoms with Crippen molar-refractivity contribution >= 4 is 11.5 Å². The van der Waals surface area contributed by atoms with Crippen molar-refractivity contribution in [2.75, 3.05) is 0 Å². The Morgan fingerprint density at radius 3 is 3.09 bits per heavy atom. The fraction of sp³-hybridized carbons (Fsp3) is 0.625. The van der Waals surface area contributed by atoms with Crippen LogP contribution in [0, 0.1) is 6.42 Å². The molecule has 0 saturated heterocycles. The molecular weight excluding hydrogens is 156 g/mol. The van der Waals surface area contributed by atoms with Crippen LogP contribution in [0.15, 0.2) is 5.38 Å². The summed E-state index contributed by atoms with van der Waals surface area (Å²) < 4.78 is 3.78. The largest absolute Gasteiger partial charge is 0.143 e. The van der Waals surface area contributed by atoms with E-state index in [9.17, 15) is 0 Å². The van der Waals surface area contributed by atoms with E-state index in [1.807, 2.05) is 5.38 Å². The van der Waals surface area contributed by atoms with E-state index in [2.05, 4.69) is 22.9 Å². The van der Waals surface area contributed by atoms with Crippen LogP contribution in [0.2, 0.25) is 0 Å². The topological polar surface area (TPSA) is 25.8 Å². The molecule has 1 radical (unpaired) electrons. The summed E-state index contributed by atoms with van der Waals surface area (Å²) in [7, 11) is 0. The molecule has 1 heterocycles. The van der Waals surface area contributed by atoms with Crippen LogP contribution >= 0.6 is 11.5 Å². The molecule has 0 atom stereocenters. The van der Waals surface area contributed by atoms with Crippen molar-refractivity contribution in [1.29, 1.82) is 0 Å². The van der Waals surface area contributed by atoms with Crippen LogP contribution in [-0.4, -0.2) is 9.59 Å². The van der Waals surface area contributed by atoms with E-state index in [0.29, 0.717) is 0 Å². The highest BCUT2D eigenvalue weighted by Crippen LogP contribution is 2.07. The van der Waals surface area contributed by atoms with Gasteiger partial charge >= 0.3 is 0 Å². The lowest BCUT2D eigenvalue weighted by atomic mass is 10.1. The summed E-state index contributed by atoms with van der Waals surface area (Å²) in [6.45, 7) is 2.21. The second-order valence-electron chi connectivity index (χ2n) is 2.53. The van der Waals surface area contributed by atoms with Crippen molar-refractivity contribution in [2.24, 2.45) is 0 Å². The number of hydrogen-bond donors (Lipinski definition) is 0. The lowest BCUT2D eigenvalue weighted by Crippen LogP contribution is -1.82. The van der Waals surface area contributed by atoms with Crippen LogP contribution in [0.5, 0.6) is 0 Å². The highest BCUT2D eigenvalue weighted by atomic mass is 32.1.